The Morgan fingerprint density at radius 2 is 1.51 bits per heavy atom. The second-order valence-corrected chi connectivity index (χ2v) is 29.9. The van der Waals surface area contributed by atoms with Crippen molar-refractivity contribution in [3.63, 3.8) is 0 Å². The molecule has 55 heavy (non-hydrogen) atoms. The average Bonchev–Trinajstić information content (AvgIpc) is 3.88. The van der Waals surface area contributed by atoms with Crippen LogP contribution >= 0.6 is 23.5 Å². The first-order valence-electron chi connectivity index (χ1n) is 20.0. The SMILES string of the molecule is C=C[C@H]1C[C@@H]1C[C@@H](C)OC(=O)c1c(CC2(/C=C/C=C\C)SCCCS2)cc(O[Si](c2ccccc2)(c2ccccc2)C(C)(C)C)cc1O[Si](C)(C)C(C)(C)C. The summed E-state index contributed by atoms with van der Waals surface area (Å²) in [4.78, 5) is 14.8. The molecule has 0 N–H and O–H groups in total. The summed E-state index contributed by atoms with van der Waals surface area (Å²) in [5, 5.41) is 2.04. The first kappa shape index (κ1) is 43.2. The fourth-order valence-electron chi connectivity index (χ4n) is 7.38. The van der Waals surface area contributed by atoms with Gasteiger partial charge in [-0.25, -0.2) is 4.79 Å². The van der Waals surface area contributed by atoms with Gasteiger partial charge in [0.1, 0.15) is 17.1 Å². The Morgan fingerprint density at radius 1 is 0.909 bits per heavy atom. The van der Waals surface area contributed by atoms with E-state index in [1.807, 2.05) is 49.5 Å². The highest BCUT2D eigenvalue weighted by molar-refractivity contribution is 8.19. The smallest absolute Gasteiger partial charge is 0.342 e. The van der Waals surface area contributed by atoms with Crippen molar-refractivity contribution in [3.8, 4) is 11.5 Å². The third-order valence-corrected chi connectivity index (χ3v) is 24.0. The maximum Gasteiger partial charge on any atom is 0.342 e. The summed E-state index contributed by atoms with van der Waals surface area (Å²) < 4.78 is 21.1. The van der Waals surface area contributed by atoms with Gasteiger partial charge in [0.2, 0.25) is 0 Å². The maximum atomic E-state index is 14.8. The summed E-state index contributed by atoms with van der Waals surface area (Å²) in [6, 6.07) is 25.7. The number of esters is 1. The molecule has 0 radical (unpaired) electrons. The molecular weight excluding hydrogens is 749 g/mol. The van der Waals surface area contributed by atoms with Crippen molar-refractivity contribution in [2.75, 3.05) is 11.5 Å². The molecular formula is C47H64O4S2Si2. The Labute approximate surface area is 343 Å². The lowest BCUT2D eigenvalue weighted by Gasteiger charge is -2.43. The van der Waals surface area contributed by atoms with Crippen molar-refractivity contribution in [2.24, 2.45) is 11.8 Å². The van der Waals surface area contributed by atoms with E-state index in [4.69, 9.17) is 13.6 Å². The number of rotatable bonds is 15. The molecule has 8 heteroatoms. The predicted molar refractivity (Wildman–Crippen MR) is 244 cm³/mol. The van der Waals surface area contributed by atoms with Gasteiger partial charge in [-0.1, -0.05) is 133 Å². The molecule has 1 aliphatic heterocycles. The van der Waals surface area contributed by atoms with E-state index >= 15 is 0 Å². The number of carbonyl (C=O) groups excluding carboxylic acids is 1. The molecule has 0 amide bonds. The lowest BCUT2D eigenvalue weighted by molar-refractivity contribution is 0.0308. The van der Waals surface area contributed by atoms with Crippen LogP contribution in [0.5, 0.6) is 11.5 Å². The lowest BCUT2D eigenvalue weighted by atomic mass is 10.00. The lowest BCUT2D eigenvalue weighted by Crippen LogP contribution is -2.68. The van der Waals surface area contributed by atoms with E-state index in [1.165, 1.54) is 10.4 Å². The van der Waals surface area contributed by atoms with E-state index in [-0.39, 0.29) is 26.2 Å². The topological polar surface area (TPSA) is 44.8 Å². The zero-order chi connectivity index (χ0) is 40.1. The number of hydrogen-bond acceptors (Lipinski definition) is 6. The van der Waals surface area contributed by atoms with Gasteiger partial charge < -0.3 is 13.6 Å². The third-order valence-electron chi connectivity index (χ3n) is 11.5. The molecule has 0 bridgehead atoms. The minimum Gasteiger partial charge on any atom is -0.543 e. The van der Waals surface area contributed by atoms with Crippen LogP contribution in [-0.4, -0.2) is 44.3 Å². The van der Waals surface area contributed by atoms with E-state index < -0.39 is 16.6 Å². The Morgan fingerprint density at radius 3 is 2.02 bits per heavy atom. The first-order chi connectivity index (χ1) is 25.9. The normalized spacial score (nSPS) is 19.6. The van der Waals surface area contributed by atoms with E-state index in [0.717, 1.165) is 42.1 Å². The molecule has 1 aliphatic carbocycles. The number of allylic oxidation sites excluding steroid dienone is 4. The van der Waals surface area contributed by atoms with Crippen LogP contribution in [0.4, 0.5) is 0 Å². The first-order valence-corrected chi connectivity index (χ1v) is 26.8. The van der Waals surface area contributed by atoms with Crippen LogP contribution in [-0.2, 0) is 11.2 Å². The van der Waals surface area contributed by atoms with Crippen molar-refractivity contribution >= 4 is 56.5 Å². The van der Waals surface area contributed by atoms with Crippen molar-refractivity contribution in [2.45, 2.75) is 114 Å². The Balaban J connectivity index is 1.76. The minimum absolute atomic E-state index is 0.103. The fraction of sp³-hybridized carbons (Fsp3) is 0.468. The Bertz CT molecular complexity index is 1780. The molecule has 1 saturated heterocycles. The van der Waals surface area contributed by atoms with Gasteiger partial charge in [0.05, 0.1) is 10.2 Å². The van der Waals surface area contributed by atoms with E-state index in [1.54, 1.807) is 0 Å². The highest BCUT2D eigenvalue weighted by Gasteiger charge is 2.52. The van der Waals surface area contributed by atoms with Crippen molar-refractivity contribution in [3.05, 3.63) is 121 Å². The van der Waals surface area contributed by atoms with Crippen molar-refractivity contribution in [1.82, 2.24) is 0 Å². The molecule has 3 aromatic carbocycles. The van der Waals surface area contributed by atoms with Crippen LogP contribution < -0.4 is 19.2 Å². The number of thioether (sulfide) groups is 2. The summed E-state index contributed by atoms with van der Waals surface area (Å²) in [6.07, 6.45) is 14.2. The van der Waals surface area contributed by atoms with Gasteiger partial charge >= 0.3 is 14.3 Å². The molecule has 2 fully saturated rings. The monoisotopic (exact) mass is 812 g/mol. The molecule has 1 saturated carbocycles. The number of carbonyl (C=O) groups is 1. The van der Waals surface area contributed by atoms with Gasteiger partial charge in [0, 0.05) is 12.5 Å². The molecule has 0 unspecified atom stereocenters. The molecule has 5 rings (SSSR count). The summed E-state index contributed by atoms with van der Waals surface area (Å²) in [5.41, 5.74) is 1.44. The molecule has 1 heterocycles. The molecule has 0 aromatic heterocycles. The molecule has 296 valence electrons. The van der Waals surface area contributed by atoms with Crippen LogP contribution in [0, 0.1) is 11.8 Å². The largest absolute Gasteiger partial charge is 0.543 e. The van der Waals surface area contributed by atoms with Gasteiger partial charge in [0.25, 0.3) is 8.32 Å². The minimum atomic E-state index is -3.02. The highest BCUT2D eigenvalue weighted by atomic mass is 32.2. The van der Waals surface area contributed by atoms with Gasteiger partial charge in [-0.2, -0.15) is 0 Å². The summed E-state index contributed by atoms with van der Waals surface area (Å²) >= 11 is 3.93. The molecule has 0 spiro atoms. The third kappa shape index (κ3) is 10.2. The molecule has 2 aliphatic rings. The van der Waals surface area contributed by atoms with Gasteiger partial charge in [0.15, 0.2) is 0 Å². The predicted octanol–water partition coefficient (Wildman–Crippen LogP) is 12.0. The van der Waals surface area contributed by atoms with E-state index in [9.17, 15) is 4.79 Å². The summed E-state index contributed by atoms with van der Waals surface area (Å²) in [5.74, 6) is 4.12. The molecule has 4 nitrogen and oxygen atoms in total. The Hall–Kier alpha value is -2.92. The zero-order valence-corrected chi connectivity index (χ0v) is 38.6. The second-order valence-electron chi connectivity index (χ2n) is 17.9. The van der Waals surface area contributed by atoms with E-state index in [0.29, 0.717) is 29.6 Å². The van der Waals surface area contributed by atoms with Crippen molar-refractivity contribution < 1.29 is 18.4 Å². The number of hydrogen-bond donors (Lipinski definition) is 0. The zero-order valence-electron chi connectivity index (χ0n) is 34.9. The van der Waals surface area contributed by atoms with E-state index in [2.05, 4.69) is 152 Å². The number of ether oxygens (including phenoxy) is 1. The highest BCUT2D eigenvalue weighted by Crippen LogP contribution is 2.49. The van der Waals surface area contributed by atoms with Gasteiger partial charge in [-0.05, 0) is 102 Å². The van der Waals surface area contributed by atoms with Crippen LogP contribution in [0.15, 0.2) is 110 Å². The Kier molecular flexibility index (Phi) is 13.9. The maximum absolute atomic E-state index is 14.8. The van der Waals surface area contributed by atoms with Crippen LogP contribution in [0.2, 0.25) is 23.2 Å². The standard InChI is InChI=1S/C47H64O4S2Si2/c1-12-14-21-27-47(52-28-22-29-53-47)34-38-32-39(50-55(46(7,8)9,40-23-17-15-18-24-40)41-25-19-16-20-26-41)33-42(51-54(10,11)45(4,5)6)43(38)44(48)49-35(3)30-37-31-36(37)13-2/h12-21,23-27,32-33,35-37H,2,22,28-31,34H2,1,3-11H3/b14-12-,27-21+/t35-,36+,37+/m1/s1. The number of benzene rings is 3. The van der Waals surface area contributed by atoms with Gasteiger partial charge in [-0.15, -0.1) is 30.1 Å². The van der Waals surface area contributed by atoms with Crippen molar-refractivity contribution in [1.29, 1.82) is 0 Å². The fourth-order valence-corrected chi connectivity index (χ4v) is 16.0. The summed E-state index contributed by atoms with van der Waals surface area (Å²) in [7, 11) is -5.48. The van der Waals surface area contributed by atoms with Crippen LogP contribution in [0.25, 0.3) is 0 Å². The molecule has 3 aromatic rings. The quantitative estimate of drug-likeness (QED) is 0.0659. The van der Waals surface area contributed by atoms with Gasteiger partial charge in [-0.3, -0.25) is 0 Å². The molecule has 3 atom stereocenters. The second kappa shape index (κ2) is 17.7. The average molecular weight is 813 g/mol. The van der Waals surface area contributed by atoms with Crippen LogP contribution in [0.1, 0.15) is 90.6 Å². The van der Waals surface area contributed by atoms with Crippen LogP contribution in [0.3, 0.4) is 0 Å². The summed E-state index contributed by atoms with van der Waals surface area (Å²) in [6.45, 7) is 26.2.